The van der Waals surface area contributed by atoms with Crippen LogP contribution in [0.5, 0.6) is 5.75 Å². The van der Waals surface area contributed by atoms with E-state index in [1.807, 2.05) is 56.3 Å². The van der Waals surface area contributed by atoms with Gasteiger partial charge in [-0.2, -0.15) is 4.68 Å². The number of fused-ring (bicyclic) bond motifs is 1. The Kier molecular flexibility index (Phi) is 3.20. The van der Waals surface area contributed by atoms with Gasteiger partial charge in [0.1, 0.15) is 11.3 Å². The van der Waals surface area contributed by atoms with Gasteiger partial charge in [-0.3, -0.25) is 0 Å². The molecule has 1 aromatic heterocycles. The summed E-state index contributed by atoms with van der Waals surface area (Å²) in [5.41, 5.74) is 3.71. The Morgan fingerprint density at radius 3 is 2.50 bits per heavy atom. The summed E-state index contributed by atoms with van der Waals surface area (Å²) in [5, 5.41) is 8.40. The Bertz CT molecular complexity index is 774. The SMILES string of the molecule is Cc1cccc(C)c1OC(=S)n1nnc2ccccc21. The second-order valence-electron chi connectivity index (χ2n) is 4.58. The van der Waals surface area contributed by atoms with E-state index in [4.69, 9.17) is 17.0 Å². The molecule has 0 unspecified atom stereocenters. The molecule has 0 bridgehead atoms. The van der Waals surface area contributed by atoms with Gasteiger partial charge in [0.25, 0.3) is 5.17 Å². The van der Waals surface area contributed by atoms with Crippen LogP contribution in [0.15, 0.2) is 42.5 Å². The Hall–Kier alpha value is -2.27. The van der Waals surface area contributed by atoms with E-state index in [0.717, 1.165) is 27.9 Å². The average Bonchev–Trinajstić information content (AvgIpc) is 2.87. The highest BCUT2D eigenvalue weighted by molar-refractivity contribution is 7.80. The quantitative estimate of drug-likeness (QED) is 0.643. The minimum absolute atomic E-state index is 0.274. The molecule has 0 amide bonds. The fourth-order valence-corrected chi connectivity index (χ4v) is 2.31. The molecule has 0 aliphatic heterocycles. The zero-order valence-electron chi connectivity index (χ0n) is 11.2. The zero-order chi connectivity index (χ0) is 14.1. The topological polar surface area (TPSA) is 39.9 Å². The van der Waals surface area contributed by atoms with E-state index in [0.29, 0.717) is 0 Å². The number of benzene rings is 2. The van der Waals surface area contributed by atoms with Crippen molar-refractivity contribution in [2.24, 2.45) is 0 Å². The lowest BCUT2D eigenvalue weighted by Crippen LogP contribution is -2.18. The average molecular weight is 283 g/mol. The van der Waals surface area contributed by atoms with Gasteiger partial charge in [0.2, 0.25) is 0 Å². The number of aryl methyl sites for hydroxylation is 2. The molecule has 0 atom stereocenters. The molecule has 0 fully saturated rings. The summed E-state index contributed by atoms with van der Waals surface area (Å²) in [6.07, 6.45) is 0. The lowest BCUT2D eigenvalue weighted by atomic mass is 10.1. The van der Waals surface area contributed by atoms with E-state index in [2.05, 4.69) is 10.3 Å². The van der Waals surface area contributed by atoms with Crippen molar-refractivity contribution in [3.8, 4) is 5.75 Å². The largest absolute Gasteiger partial charge is 0.430 e. The van der Waals surface area contributed by atoms with Crippen LogP contribution in [-0.4, -0.2) is 20.2 Å². The second kappa shape index (κ2) is 5.02. The molecule has 3 rings (SSSR count). The maximum absolute atomic E-state index is 5.82. The fraction of sp³-hybridized carbons (Fsp3) is 0.133. The summed E-state index contributed by atoms with van der Waals surface area (Å²) in [4.78, 5) is 0. The number of hydrogen-bond acceptors (Lipinski definition) is 4. The molecule has 0 saturated heterocycles. The first-order valence-electron chi connectivity index (χ1n) is 6.25. The Morgan fingerprint density at radius 1 is 1.05 bits per heavy atom. The van der Waals surface area contributed by atoms with Crippen LogP contribution >= 0.6 is 12.2 Å². The van der Waals surface area contributed by atoms with Crippen molar-refractivity contribution in [1.82, 2.24) is 15.0 Å². The smallest absolute Gasteiger partial charge is 0.292 e. The molecule has 0 spiro atoms. The van der Waals surface area contributed by atoms with Crippen molar-refractivity contribution in [2.75, 3.05) is 0 Å². The molecule has 1 heterocycles. The minimum Gasteiger partial charge on any atom is -0.430 e. The van der Waals surface area contributed by atoms with Crippen molar-refractivity contribution in [1.29, 1.82) is 0 Å². The van der Waals surface area contributed by atoms with Crippen LogP contribution in [0.25, 0.3) is 11.0 Å². The van der Waals surface area contributed by atoms with Crippen molar-refractivity contribution in [3.63, 3.8) is 0 Å². The minimum atomic E-state index is 0.274. The van der Waals surface area contributed by atoms with Gasteiger partial charge < -0.3 is 4.74 Å². The first-order valence-corrected chi connectivity index (χ1v) is 6.66. The number of nitrogens with zero attached hydrogens (tertiary/aromatic N) is 3. The first-order chi connectivity index (χ1) is 9.66. The highest BCUT2D eigenvalue weighted by atomic mass is 32.1. The summed E-state index contributed by atoms with van der Waals surface area (Å²) >= 11 is 5.34. The maximum Gasteiger partial charge on any atom is 0.292 e. The van der Waals surface area contributed by atoms with Gasteiger partial charge in [0.15, 0.2) is 0 Å². The predicted molar refractivity (Wildman–Crippen MR) is 82.1 cm³/mol. The van der Waals surface area contributed by atoms with Crippen LogP contribution in [0.3, 0.4) is 0 Å². The maximum atomic E-state index is 5.82. The van der Waals surface area contributed by atoms with Crippen molar-refractivity contribution in [3.05, 3.63) is 53.6 Å². The van der Waals surface area contributed by atoms with Gasteiger partial charge in [-0.05, 0) is 49.3 Å². The number of para-hydroxylation sites is 2. The third-order valence-electron chi connectivity index (χ3n) is 3.12. The molecule has 2 aromatic carbocycles. The molecule has 4 nitrogen and oxygen atoms in total. The van der Waals surface area contributed by atoms with Crippen LogP contribution in [0, 0.1) is 13.8 Å². The summed E-state index contributed by atoms with van der Waals surface area (Å²) in [5.74, 6) is 0.775. The van der Waals surface area contributed by atoms with Crippen LogP contribution in [0.4, 0.5) is 0 Å². The lowest BCUT2D eigenvalue weighted by Gasteiger charge is -2.11. The molecule has 3 aromatic rings. The van der Waals surface area contributed by atoms with Crippen molar-refractivity contribution in [2.45, 2.75) is 13.8 Å². The highest BCUT2D eigenvalue weighted by Crippen LogP contribution is 2.23. The molecule has 0 aliphatic carbocycles. The zero-order valence-corrected chi connectivity index (χ0v) is 12.0. The van der Waals surface area contributed by atoms with E-state index in [9.17, 15) is 0 Å². The first kappa shape index (κ1) is 12.7. The van der Waals surface area contributed by atoms with Crippen LogP contribution in [-0.2, 0) is 0 Å². The highest BCUT2D eigenvalue weighted by Gasteiger charge is 2.12. The predicted octanol–water partition coefficient (Wildman–Crippen LogP) is 3.26. The second-order valence-corrected chi connectivity index (χ2v) is 4.93. The normalized spacial score (nSPS) is 10.7. The monoisotopic (exact) mass is 283 g/mol. The van der Waals surface area contributed by atoms with E-state index < -0.39 is 0 Å². The summed E-state index contributed by atoms with van der Waals surface area (Å²) < 4.78 is 7.36. The van der Waals surface area contributed by atoms with E-state index in [1.165, 1.54) is 4.68 Å². The molecule has 100 valence electrons. The molecular formula is C15H13N3OS. The number of aromatic nitrogens is 3. The number of rotatable bonds is 1. The van der Waals surface area contributed by atoms with Gasteiger partial charge >= 0.3 is 0 Å². The molecule has 0 saturated carbocycles. The van der Waals surface area contributed by atoms with Crippen LogP contribution in [0.2, 0.25) is 0 Å². The number of thiocarbonyl (C=S) groups is 1. The summed E-state index contributed by atoms with van der Waals surface area (Å²) in [6.45, 7) is 3.98. The Labute approximate surface area is 122 Å². The van der Waals surface area contributed by atoms with E-state index >= 15 is 0 Å². The fourth-order valence-electron chi connectivity index (χ4n) is 2.09. The van der Waals surface area contributed by atoms with Crippen LogP contribution < -0.4 is 4.74 Å². The molecule has 5 heteroatoms. The van der Waals surface area contributed by atoms with Gasteiger partial charge in [0, 0.05) is 0 Å². The Morgan fingerprint density at radius 2 is 1.75 bits per heavy atom. The van der Waals surface area contributed by atoms with Gasteiger partial charge in [-0.15, -0.1) is 5.10 Å². The number of ether oxygens (including phenoxy) is 1. The van der Waals surface area contributed by atoms with E-state index in [1.54, 1.807) is 0 Å². The van der Waals surface area contributed by atoms with Gasteiger partial charge in [0.05, 0.1) is 5.52 Å². The van der Waals surface area contributed by atoms with Gasteiger partial charge in [-0.25, -0.2) is 0 Å². The third-order valence-corrected chi connectivity index (χ3v) is 3.38. The number of hydrogen-bond donors (Lipinski definition) is 0. The van der Waals surface area contributed by atoms with Crippen molar-refractivity contribution >= 4 is 28.4 Å². The van der Waals surface area contributed by atoms with Crippen molar-refractivity contribution < 1.29 is 4.74 Å². The van der Waals surface area contributed by atoms with Crippen LogP contribution in [0.1, 0.15) is 11.1 Å². The third kappa shape index (κ3) is 2.16. The molecular weight excluding hydrogens is 270 g/mol. The Balaban J connectivity index is 1.98. The lowest BCUT2D eigenvalue weighted by molar-refractivity contribution is 0.521. The summed E-state index contributed by atoms with van der Waals surface area (Å²) in [6, 6.07) is 13.6. The molecule has 0 radical (unpaired) electrons. The summed E-state index contributed by atoms with van der Waals surface area (Å²) in [7, 11) is 0. The molecule has 20 heavy (non-hydrogen) atoms. The molecule has 0 aliphatic rings. The molecule has 0 N–H and O–H groups in total. The van der Waals surface area contributed by atoms with Gasteiger partial charge in [-0.1, -0.05) is 35.5 Å². The standard InChI is InChI=1S/C15H13N3OS/c1-10-6-5-7-11(2)14(10)19-15(20)18-13-9-4-3-8-12(13)16-17-18/h3-9H,1-2H3. The van der Waals surface area contributed by atoms with E-state index in [-0.39, 0.29) is 5.17 Å².